The van der Waals surface area contributed by atoms with E-state index in [-0.39, 0.29) is 23.6 Å². The summed E-state index contributed by atoms with van der Waals surface area (Å²) in [5.74, 6) is 1.62. The van der Waals surface area contributed by atoms with Crippen molar-refractivity contribution in [3.8, 4) is 22.5 Å². The molecule has 0 atom stereocenters. The van der Waals surface area contributed by atoms with E-state index in [1.165, 1.54) is 41.1 Å². The fraction of sp³-hybridized carbons (Fsp3) is 0.377. The second kappa shape index (κ2) is 20.9. The first kappa shape index (κ1) is 49.1. The number of aliphatic hydroxyl groups is 1. The summed E-state index contributed by atoms with van der Waals surface area (Å²) in [6.45, 7) is 17.1. The Hall–Kier alpha value is -6.51. The van der Waals surface area contributed by atoms with Gasteiger partial charge in [-0.15, -0.1) is 22.7 Å². The van der Waals surface area contributed by atoms with E-state index in [1.807, 2.05) is 24.9 Å². The molecule has 8 aromatic rings. The number of β-amino-alcohol motifs (C(OH)–C–C–N with tert-alkyl or cyclic N) is 1. The molecule has 9 heterocycles. The third kappa shape index (κ3) is 10.00. The topological polar surface area (TPSA) is 129 Å². The number of nitrogens with one attached hydrogen (secondary N) is 1. The van der Waals surface area contributed by atoms with Gasteiger partial charge < -0.3 is 34.9 Å². The van der Waals surface area contributed by atoms with E-state index in [9.17, 15) is 18.7 Å². The molecular formula is C53H61F2N13O2S2. The van der Waals surface area contributed by atoms with Crippen molar-refractivity contribution >= 4 is 73.1 Å². The molecule has 11 rings (SSSR count). The van der Waals surface area contributed by atoms with Crippen molar-refractivity contribution in [2.24, 2.45) is 0 Å². The monoisotopic (exact) mass is 1010 g/mol. The van der Waals surface area contributed by atoms with Crippen molar-refractivity contribution in [2.75, 3.05) is 106 Å². The molecule has 0 unspecified atom stereocenters. The fourth-order valence-corrected chi connectivity index (χ4v) is 11.4. The maximum Gasteiger partial charge on any atom is 0.236 e. The Morgan fingerprint density at radius 3 is 1.56 bits per heavy atom. The smallest absolute Gasteiger partial charge is 0.236 e. The number of halogens is 2. The Morgan fingerprint density at radius 1 is 0.681 bits per heavy atom. The van der Waals surface area contributed by atoms with Crippen LogP contribution in [0.3, 0.4) is 0 Å². The predicted molar refractivity (Wildman–Crippen MR) is 286 cm³/mol. The van der Waals surface area contributed by atoms with E-state index >= 15 is 0 Å². The third-order valence-electron chi connectivity index (χ3n) is 13.9. The molecule has 15 nitrogen and oxygen atoms in total. The van der Waals surface area contributed by atoms with Gasteiger partial charge in [0.25, 0.3) is 0 Å². The lowest BCUT2D eigenvalue weighted by Crippen LogP contribution is -2.57. The molecule has 72 heavy (non-hydrogen) atoms. The zero-order valence-corrected chi connectivity index (χ0v) is 43.3. The molecule has 0 aliphatic carbocycles. The standard InChI is InChI=1S/C29H34FN7O2S.C24H27FN6S/c1-4-23-28(33(3)29-32-24(18-40-29)20-5-7-21(30)8-6-20)37-16-25(19(2)13-26(37)31-23)35-11-9-34(10-12-35)17-27(39)36-14-22(38)15-36;1-4-19-23(29(3)24-28-20(15-32-24)17-5-7-18(25)8-6-17)31-14-21(16(2)13-22(31)27-19)30-11-9-26-10-12-30/h5-8,13,16,18,22,38H,4,9-12,14-15,17H2,1-3H3;5-8,13-15,26H,4,9-12H2,1-3H3. The lowest BCUT2D eigenvalue weighted by molar-refractivity contribution is -0.142. The van der Waals surface area contributed by atoms with E-state index in [0.717, 1.165) is 138 Å². The molecule has 19 heteroatoms. The number of aromatic nitrogens is 6. The van der Waals surface area contributed by atoms with Gasteiger partial charge in [0.1, 0.15) is 34.6 Å². The van der Waals surface area contributed by atoms with Crippen molar-refractivity contribution in [1.82, 2.24) is 43.9 Å². The second-order valence-corrected chi connectivity index (χ2v) is 20.4. The number of nitrogens with zero attached hydrogens (tertiary/aromatic N) is 12. The van der Waals surface area contributed by atoms with Crippen molar-refractivity contribution in [2.45, 2.75) is 46.6 Å². The SMILES string of the molecule is CCc1nc2cc(C)c(N3CCN(CC(=O)N4CC(O)C4)CC3)cn2c1N(C)c1nc(-c2ccc(F)cc2)cs1.CCc1nc2cc(C)c(N3CCNCC3)cn2c1N(C)c1nc(-c2ccc(F)cc2)cs1. The molecule has 3 aliphatic rings. The van der Waals surface area contributed by atoms with Crippen LogP contribution in [-0.4, -0.2) is 142 Å². The third-order valence-corrected chi connectivity index (χ3v) is 15.7. The fourth-order valence-electron chi connectivity index (χ4n) is 9.79. The van der Waals surface area contributed by atoms with Crippen molar-refractivity contribution in [1.29, 1.82) is 0 Å². The number of carbonyl (C=O) groups excluding carboxylic acids is 1. The molecule has 376 valence electrons. The molecule has 1 amide bonds. The van der Waals surface area contributed by atoms with Crippen LogP contribution in [0, 0.1) is 25.5 Å². The highest BCUT2D eigenvalue weighted by Gasteiger charge is 2.31. The first-order valence-corrected chi connectivity index (χ1v) is 26.4. The maximum absolute atomic E-state index is 13.4. The number of amides is 1. The summed E-state index contributed by atoms with van der Waals surface area (Å²) in [6.07, 6.45) is 5.65. The largest absolute Gasteiger partial charge is 0.389 e. The number of carbonyl (C=O) groups is 1. The molecule has 3 fully saturated rings. The number of pyridine rings is 2. The lowest BCUT2D eigenvalue weighted by atomic mass is 10.1. The zero-order chi connectivity index (χ0) is 50.2. The molecule has 3 aliphatic heterocycles. The molecule has 0 radical (unpaired) electrons. The quantitative estimate of drug-likeness (QED) is 0.123. The van der Waals surface area contributed by atoms with Crippen molar-refractivity contribution in [3.63, 3.8) is 0 Å². The van der Waals surface area contributed by atoms with E-state index in [4.69, 9.17) is 19.9 Å². The minimum atomic E-state index is -0.369. The van der Waals surface area contributed by atoms with Crippen LogP contribution in [0.2, 0.25) is 0 Å². The predicted octanol–water partition coefficient (Wildman–Crippen LogP) is 8.21. The van der Waals surface area contributed by atoms with Crippen LogP contribution in [0.4, 0.5) is 42.1 Å². The molecule has 0 saturated carbocycles. The molecular weight excluding hydrogens is 953 g/mol. The van der Waals surface area contributed by atoms with Crippen LogP contribution in [0.5, 0.6) is 0 Å². The van der Waals surface area contributed by atoms with E-state index in [0.29, 0.717) is 19.6 Å². The first-order chi connectivity index (χ1) is 34.8. The number of aliphatic hydroxyl groups excluding tert-OH is 1. The number of piperazine rings is 2. The van der Waals surface area contributed by atoms with Gasteiger partial charge in [0, 0.05) is 114 Å². The van der Waals surface area contributed by atoms with Crippen LogP contribution in [0.15, 0.2) is 83.8 Å². The first-order valence-electron chi connectivity index (χ1n) is 24.7. The van der Waals surface area contributed by atoms with Crippen molar-refractivity contribution < 1.29 is 18.7 Å². The van der Waals surface area contributed by atoms with Gasteiger partial charge in [0.2, 0.25) is 5.91 Å². The van der Waals surface area contributed by atoms with Gasteiger partial charge in [-0.25, -0.2) is 28.7 Å². The summed E-state index contributed by atoms with van der Waals surface area (Å²) >= 11 is 3.13. The highest BCUT2D eigenvalue weighted by molar-refractivity contribution is 7.14. The average Bonchev–Trinajstić information content (AvgIpc) is 4.21. The van der Waals surface area contributed by atoms with Crippen LogP contribution < -0.4 is 24.9 Å². The Balaban J connectivity index is 0.000000170. The minimum absolute atomic E-state index is 0.0966. The van der Waals surface area contributed by atoms with Gasteiger partial charge in [0.15, 0.2) is 10.3 Å². The average molecular weight is 1010 g/mol. The minimum Gasteiger partial charge on any atom is -0.389 e. The molecule has 0 bridgehead atoms. The number of aryl methyl sites for hydroxylation is 4. The highest BCUT2D eigenvalue weighted by Crippen LogP contribution is 2.37. The summed E-state index contributed by atoms with van der Waals surface area (Å²) in [4.78, 5) is 45.0. The number of thiazole rings is 2. The summed E-state index contributed by atoms with van der Waals surface area (Å²) in [7, 11) is 4.06. The lowest BCUT2D eigenvalue weighted by Gasteiger charge is -2.40. The van der Waals surface area contributed by atoms with Gasteiger partial charge in [-0.2, -0.15) is 0 Å². The molecule has 6 aromatic heterocycles. The summed E-state index contributed by atoms with van der Waals surface area (Å²) in [5.41, 5.74) is 12.2. The van der Waals surface area contributed by atoms with E-state index in [1.54, 1.807) is 51.8 Å². The van der Waals surface area contributed by atoms with Gasteiger partial charge in [-0.3, -0.25) is 18.5 Å². The number of benzene rings is 2. The Labute approximate surface area is 426 Å². The number of imidazole rings is 2. The summed E-state index contributed by atoms with van der Waals surface area (Å²) in [6, 6.07) is 17.2. The van der Waals surface area contributed by atoms with Gasteiger partial charge >= 0.3 is 0 Å². The summed E-state index contributed by atoms with van der Waals surface area (Å²) in [5, 5.41) is 18.7. The zero-order valence-electron chi connectivity index (χ0n) is 41.6. The number of anilines is 6. The van der Waals surface area contributed by atoms with Gasteiger partial charge in [-0.1, -0.05) is 13.8 Å². The molecule has 2 N–H and O–H groups in total. The molecule has 0 spiro atoms. The molecule has 2 aromatic carbocycles. The number of fused-ring (bicyclic) bond motifs is 2. The van der Waals surface area contributed by atoms with Crippen LogP contribution >= 0.6 is 22.7 Å². The van der Waals surface area contributed by atoms with Gasteiger partial charge in [-0.05, 0) is 98.5 Å². The van der Waals surface area contributed by atoms with E-state index < -0.39 is 0 Å². The second-order valence-electron chi connectivity index (χ2n) is 18.7. The number of likely N-dealkylation sites (tertiary alicyclic amines) is 1. The molecule has 3 saturated heterocycles. The summed E-state index contributed by atoms with van der Waals surface area (Å²) < 4.78 is 31.1. The van der Waals surface area contributed by atoms with Crippen LogP contribution in [0.25, 0.3) is 33.8 Å². The maximum atomic E-state index is 13.4. The Morgan fingerprint density at radius 2 is 1.12 bits per heavy atom. The van der Waals surface area contributed by atoms with Crippen LogP contribution in [0.1, 0.15) is 36.4 Å². The normalized spacial score (nSPS) is 15.5. The van der Waals surface area contributed by atoms with E-state index in [2.05, 4.69) is 90.8 Å². The van der Waals surface area contributed by atoms with Crippen LogP contribution in [-0.2, 0) is 17.6 Å². The number of hydrogen-bond donors (Lipinski definition) is 2. The van der Waals surface area contributed by atoms with Crippen molar-refractivity contribution in [3.05, 3.63) is 118 Å². The Bertz CT molecular complexity index is 3190. The number of rotatable bonds is 12. The highest BCUT2D eigenvalue weighted by atomic mass is 32.1. The Kier molecular flexibility index (Phi) is 14.3. The number of hydrogen-bond acceptors (Lipinski definition) is 14. The van der Waals surface area contributed by atoms with Gasteiger partial charge in [0.05, 0.1) is 46.8 Å².